The lowest BCUT2D eigenvalue weighted by atomic mass is 10.1. The molecule has 29 heavy (non-hydrogen) atoms. The van der Waals surface area contributed by atoms with Crippen molar-refractivity contribution in [2.45, 2.75) is 39.8 Å². The van der Waals surface area contributed by atoms with Crippen LogP contribution in [0, 0.1) is 0 Å². The molecule has 148 valence electrons. The Bertz CT molecular complexity index is 1120. The van der Waals surface area contributed by atoms with E-state index in [2.05, 4.69) is 12.1 Å². The van der Waals surface area contributed by atoms with Gasteiger partial charge in [-0.05, 0) is 68.8 Å². The normalized spacial score (nSPS) is 11.5. The van der Waals surface area contributed by atoms with Gasteiger partial charge in [-0.15, -0.1) is 22.7 Å². The number of carbonyl (C=O) groups is 1. The van der Waals surface area contributed by atoms with Crippen molar-refractivity contribution in [3.63, 3.8) is 0 Å². The molecule has 1 aromatic carbocycles. The molecular weight excluding hydrogens is 398 g/mol. The first-order chi connectivity index (χ1) is 14.0. The van der Waals surface area contributed by atoms with E-state index in [1.165, 1.54) is 0 Å². The predicted molar refractivity (Wildman–Crippen MR) is 123 cm³/mol. The summed E-state index contributed by atoms with van der Waals surface area (Å²) in [5.41, 5.74) is 3.94. The zero-order valence-electron chi connectivity index (χ0n) is 16.9. The minimum Gasteiger partial charge on any atom is -0.334 e. The topological polar surface area (TPSA) is 46.1 Å². The number of thiophene rings is 2. The number of rotatable bonds is 5. The molecule has 0 atom stereocenters. The van der Waals surface area contributed by atoms with Crippen molar-refractivity contribution in [1.29, 1.82) is 0 Å². The summed E-state index contributed by atoms with van der Waals surface area (Å²) in [6.45, 7) is 8.17. The van der Waals surface area contributed by atoms with E-state index in [9.17, 15) is 4.79 Å². The van der Waals surface area contributed by atoms with Crippen molar-refractivity contribution < 1.29 is 4.79 Å². The molecule has 4 nitrogen and oxygen atoms in total. The molecule has 0 spiro atoms. The lowest BCUT2D eigenvalue weighted by Crippen LogP contribution is -2.42. The monoisotopic (exact) mass is 421 g/mol. The summed E-state index contributed by atoms with van der Waals surface area (Å²) in [7, 11) is 0. The molecule has 0 aliphatic heterocycles. The quantitative estimate of drug-likeness (QED) is 0.377. The molecule has 0 saturated heterocycles. The highest BCUT2D eigenvalue weighted by Gasteiger charge is 2.22. The zero-order chi connectivity index (χ0) is 20.5. The summed E-state index contributed by atoms with van der Waals surface area (Å²) in [5.74, 6) is 0.0266. The lowest BCUT2D eigenvalue weighted by Gasteiger charge is -2.30. The Kier molecular flexibility index (Phi) is 5.48. The molecule has 0 bridgehead atoms. The third-order valence-electron chi connectivity index (χ3n) is 4.77. The number of benzene rings is 1. The smallest absolute Gasteiger partial charge is 0.254 e. The van der Waals surface area contributed by atoms with E-state index in [0.29, 0.717) is 5.56 Å². The van der Waals surface area contributed by atoms with Crippen LogP contribution >= 0.6 is 22.7 Å². The van der Waals surface area contributed by atoms with Gasteiger partial charge in [0.2, 0.25) is 0 Å². The Balaban J connectivity index is 1.86. The van der Waals surface area contributed by atoms with Gasteiger partial charge in [0.15, 0.2) is 0 Å². The van der Waals surface area contributed by atoms with Crippen LogP contribution in [-0.2, 0) is 0 Å². The molecule has 3 heterocycles. The largest absolute Gasteiger partial charge is 0.334 e. The molecule has 6 heteroatoms. The van der Waals surface area contributed by atoms with Crippen LogP contribution in [-0.4, -0.2) is 32.9 Å². The van der Waals surface area contributed by atoms with Crippen molar-refractivity contribution in [2.24, 2.45) is 0 Å². The minimum atomic E-state index is 0.0266. The first-order valence-electron chi connectivity index (χ1n) is 9.68. The summed E-state index contributed by atoms with van der Waals surface area (Å²) < 4.78 is 0. The Morgan fingerprint density at radius 3 is 1.86 bits per heavy atom. The fourth-order valence-electron chi connectivity index (χ4n) is 3.57. The molecule has 0 aliphatic carbocycles. The second-order valence-corrected chi connectivity index (χ2v) is 9.37. The van der Waals surface area contributed by atoms with Crippen LogP contribution in [0.25, 0.3) is 32.2 Å². The van der Waals surface area contributed by atoms with Gasteiger partial charge in [0, 0.05) is 17.6 Å². The fourth-order valence-corrected chi connectivity index (χ4v) is 5.00. The standard InChI is InChI=1S/C23H23N3OS2/c1-14(2)26(15(3)4)23(27)16-9-10-17-18(13-16)25-22(20-8-6-12-29-20)21(24-17)19-7-5-11-28-19/h5-15H,1-4H3. The first-order valence-corrected chi connectivity index (χ1v) is 11.4. The number of hydrogen-bond acceptors (Lipinski definition) is 5. The summed E-state index contributed by atoms with van der Waals surface area (Å²) in [6.07, 6.45) is 0. The highest BCUT2D eigenvalue weighted by Crippen LogP contribution is 2.35. The van der Waals surface area contributed by atoms with Gasteiger partial charge in [-0.3, -0.25) is 4.79 Å². The molecule has 1 amide bonds. The van der Waals surface area contributed by atoms with Crippen molar-refractivity contribution in [3.05, 3.63) is 58.8 Å². The van der Waals surface area contributed by atoms with Crippen molar-refractivity contribution in [1.82, 2.24) is 14.9 Å². The maximum atomic E-state index is 13.1. The number of fused-ring (bicyclic) bond motifs is 1. The van der Waals surface area contributed by atoms with Gasteiger partial charge in [0.1, 0.15) is 11.4 Å². The minimum absolute atomic E-state index is 0.0266. The van der Waals surface area contributed by atoms with Crippen LogP contribution in [0.5, 0.6) is 0 Å². The van der Waals surface area contributed by atoms with E-state index in [4.69, 9.17) is 9.97 Å². The van der Waals surface area contributed by atoms with E-state index in [1.807, 2.05) is 73.7 Å². The van der Waals surface area contributed by atoms with Gasteiger partial charge in [0.05, 0.1) is 20.8 Å². The molecule has 4 aromatic rings. The van der Waals surface area contributed by atoms with Gasteiger partial charge in [-0.25, -0.2) is 9.97 Å². The summed E-state index contributed by atoms with van der Waals surface area (Å²) in [4.78, 5) is 27.1. The average molecular weight is 422 g/mol. The highest BCUT2D eigenvalue weighted by molar-refractivity contribution is 7.14. The molecule has 0 aliphatic rings. The van der Waals surface area contributed by atoms with Gasteiger partial charge in [-0.1, -0.05) is 12.1 Å². The van der Waals surface area contributed by atoms with Gasteiger partial charge in [0.25, 0.3) is 5.91 Å². The first kappa shape index (κ1) is 19.7. The Morgan fingerprint density at radius 1 is 0.828 bits per heavy atom. The Morgan fingerprint density at radius 2 is 1.38 bits per heavy atom. The Hall–Kier alpha value is -2.57. The van der Waals surface area contributed by atoms with Crippen molar-refractivity contribution in [3.8, 4) is 21.1 Å². The molecule has 0 radical (unpaired) electrons. The van der Waals surface area contributed by atoms with E-state index >= 15 is 0 Å². The number of hydrogen-bond donors (Lipinski definition) is 0. The summed E-state index contributed by atoms with van der Waals surface area (Å²) in [5, 5.41) is 4.09. The van der Waals surface area contributed by atoms with Crippen LogP contribution in [0.4, 0.5) is 0 Å². The van der Waals surface area contributed by atoms with Gasteiger partial charge >= 0.3 is 0 Å². The van der Waals surface area contributed by atoms with E-state index in [1.54, 1.807) is 22.7 Å². The van der Waals surface area contributed by atoms with E-state index in [-0.39, 0.29) is 18.0 Å². The molecule has 0 saturated carbocycles. The van der Waals surface area contributed by atoms with E-state index in [0.717, 1.165) is 32.2 Å². The lowest BCUT2D eigenvalue weighted by molar-refractivity contribution is 0.0644. The van der Waals surface area contributed by atoms with Crippen LogP contribution < -0.4 is 0 Å². The molecule has 0 fully saturated rings. The second kappa shape index (κ2) is 8.05. The summed E-state index contributed by atoms with van der Waals surface area (Å²) in [6, 6.07) is 14.1. The molecule has 3 aromatic heterocycles. The van der Waals surface area contributed by atoms with Crippen LogP contribution in [0.1, 0.15) is 38.1 Å². The van der Waals surface area contributed by atoms with Crippen LogP contribution in [0.3, 0.4) is 0 Å². The Labute approximate surface area is 178 Å². The maximum absolute atomic E-state index is 13.1. The fraction of sp³-hybridized carbons (Fsp3) is 0.261. The van der Waals surface area contributed by atoms with Crippen molar-refractivity contribution in [2.75, 3.05) is 0 Å². The highest BCUT2D eigenvalue weighted by atomic mass is 32.1. The molecule has 4 rings (SSSR count). The number of amides is 1. The van der Waals surface area contributed by atoms with Crippen LogP contribution in [0.15, 0.2) is 53.2 Å². The summed E-state index contributed by atoms with van der Waals surface area (Å²) >= 11 is 3.30. The third kappa shape index (κ3) is 3.82. The number of aromatic nitrogens is 2. The van der Waals surface area contributed by atoms with Crippen molar-refractivity contribution >= 4 is 39.6 Å². The number of nitrogens with zero attached hydrogens (tertiary/aromatic N) is 3. The maximum Gasteiger partial charge on any atom is 0.254 e. The molecular formula is C23H23N3OS2. The van der Waals surface area contributed by atoms with E-state index < -0.39 is 0 Å². The number of carbonyl (C=O) groups excluding carboxylic acids is 1. The zero-order valence-corrected chi connectivity index (χ0v) is 18.6. The molecule has 0 unspecified atom stereocenters. The molecule has 0 N–H and O–H groups in total. The van der Waals surface area contributed by atoms with Gasteiger partial charge in [-0.2, -0.15) is 0 Å². The van der Waals surface area contributed by atoms with Crippen LogP contribution in [0.2, 0.25) is 0 Å². The SMILES string of the molecule is CC(C)N(C(=O)c1ccc2nc(-c3cccs3)c(-c3cccs3)nc2c1)C(C)C. The average Bonchev–Trinajstić information content (AvgIpc) is 3.39. The van der Waals surface area contributed by atoms with Gasteiger partial charge < -0.3 is 4.90 Å². The second-order valence-electron chi connectivity index (χ2n) is 7.48. The third-order valence-corrected chi connectivity index (χ3v) is 6.52. The predicted octanol–water partition coefficient (Wildman–Crippen LogP) is 6.35.